The van der Waals surface area contributed by atoms with E-state index in [9.17, 15) is 4.79 Å². The van der Waals surface area contributed by atoms with E-state index in [4.69, 9.17) is 4.74 Å². The van der Waals surface area contributed by atoms with Gasteiger partial charge in [0.25, 0.3) is 0 Å². The highest BCUT2D eigenvalue weighted by atomic mass is 16.5. The van der Waals surface area contributed by atoms with Gasteiger partial charge in [0.1, 0.15) is 6.10 Å². The molecule has 1 aliphatic carbocycles. The average Bonchev–Trinajstić information content (AvgIpc) is 2.29. The van der Waals surface area contributed by atoms with Crippen molar-refractivity contribution in [2.45, 2.75) is 52.1 Å². The zero-order valence-electron chi connectivity index (χ0n) is 9.21. The standard InChI is InChI=1S/C12H20O2/c1-4-11(13)14-10-8-6-5-7-9-12(10,2)3/h4,10H,1,5-9H2,2-3H3. The molecule has 0 aromatic carbocycles. The Balaban J connectivity index is 2.62. The highest BCUT2D eigenvalue weighted by Gasteiger charge is 2.33. The van der Waals surface area contributed by atoms with Crippen LogP contribution >= 0.6 is 0 Å². The zero-order valence-corrected chi connectivity index (χ0v) is 9.21. The fraction of sp³-hybridized carbons (Fsp3) is 0.750. The monoisotopic (exact) mass is 196 g/mol. The number of carbonyl (C=O) groups is 1. The van der Waals surface area contributed by atoms with Crippen molar-refractivity contribution >= 4 is 5.97 Å². The van der Waals surface area contributed by atoms with Crippen LogP contribution in [0.3, 0.4) is 0 Å². The Morgan fingerprint density at radius 2 is 2.14 bits per heavy atom. The molecular weight excluding hydrogens is 176 g/mol. The minimum absolute atomic E-state index is 0.0653. The van der Waals surface area contributed by atoms with Crippen LogP contribution in [0, 0.1) is 5.41 Å². The van der Waals surface area contributed by atoms with Gasteiger partial charge in [-0.25, -0.2) is 4.79 Å². The summed E-state index contributed by atoms with van der Waals surface area (Å²) in [5, 5.41) is 0. The molecule has 0 saturated heterocycles. The molecule has 1 saturated carbocycles. The van der Waals surface area contributed by atoms with Gasteiger partial charge < -0.3 is 4.74 Å². The molecule has 1 fully saturated rings. The van der Waals surface area contributed by atoms with Crippen LogP contribution in [0.25, 0.3) is 0 Å². The van der Waals surface area contributed by atoms with Gasteiger partial charge in [-0.3, -0.25) is 0 Å². The number of hydrogen-bond acceptors (Lipinski definition) is 2. The first-order chi connectivity index (χ1) is 6.56. The molecule has 0 aromatic heterocycles. The maximum atomic E-state index is 11.1. The molecular formula is C12H20O2. The van der Waals surface area contributed by atoms with Crippen molar-refractivity contribution in [1.29, 1.82) is 0 Å². The first-order valence-electron chi connectivity index (χ1n) is 5.39. The SMILES string of the molecule is C=CC(=O)OC1CCCCCC1(C)C. The van der Waals surface area contributed by atoms with E-state index in [1.165, 1.54) is 25.3 Å². The van der Waals surface area contributed by atoms with Gasteiger partial charge in [0.2, 0.25) is 0 Å². The Kier molecular flexibility index (Phi) is 3.73. The number of esters is 1. The zero-order chi connectivity index (χ0) is 10.6. The summed E-state index contributed by atoms with van der Waals surface area (Å²) in [6, 6.07) is 0. The maximum absolute atomic E-state index is 11.1. The lowest BCUT2D eigenvalue weighted by atomic mass is 9.82. The van der Waals surface area contributed by atoms with E-state index in [1.807, 2.05) is 0 Å². The van der Waals surface area contributed by atoms with Gasteiger partial charge in [-0.2, -0.15) is 0 Å². The van der Waals surface area contributed by atoms with Gasteiger partial charge in [0.05, 0.1) is 0 Å². The molecule has 1 aliphatic rings. The summed E-state index contributed by atoms with van der Waals surface area (Å²) >= 11 is 0. The third-order valence-corrected chi connectivity index (χ3v) is 3.08. The fourth-order valence-corrected chi connectivity index (χ4v) is 2.05. The summed E-state index contributed by atoms with van der Waals surface area (Å²) in [5.74, 6) is -0.287. The molecule has 0 radical (unpaired) electrons. The lowest BCUT2D eigenvalue weighted by molar-refractivity contribution is -0.149. The molecule has 80 valence electrons. The van der Waals surface area contributed by atoms with E-state index in [-0.39, 0.29) is 17.5 Å². The number of carbonyl (C=O) groups excluding carboxylic acids is 1. The molecule has 0 amide bonds. The first-order valence-corrected chi connectivity index (χ1v) is 5.39. The Labute approximate surface area is 86.3 Å². The van der Waals surface area contributed by atoms with Crippen molar-refractivity contribution in [3.8, 4) is 0 Å². The van der Waals surface area contributed by atoms with Crippen molar-refractivity contribution in [3.63, 3.8) is 0 Å². The predicted molar refractivity (Wildman–Crippen MR) is 56.9 cm³/mol. The van der Waals surface area contributed by atoms with E-state index in [0.29, 0.717) is 0 Å². The third kappa shape index (κ3) is 2.86. The van der Waals surface area contributed by atoms with Crippen LogP contribution in [-0.4, -0.2) is 12.1 Å². The summed E-state index contributed by atoms with van der Waals surface area (Å²) in [6.07, 6.45) is 7.12. The van der Waals surface area contributed by atoms with Crippen molar-refractivity contribution in [2.75, 3.05) is 0 Å². The molecule has 0 aliphatic heterocycles. The van der Waals surface area contributed by atoms with Crippen molar-refractivity contribution in [1.82, 2.24) is 0 Å². The smallest absolute Gasteiger partial charge is 0.330 e. The van der Waals surface area contributed by atoms with Gasteiger partial charge in [0.15, 0.2) is 0 Å². The molecule has 1 rings (SSSR count). The summed E-state index contributed by atoms with van der Waals surface area (Å²) < 4.78 is 5.38. The third-order valence-electron chi connectivity index (χ3n) is 3.08. The molecule has 1 atom stereocenters. The predicted octanol–water partition coefficient (Wildman–Crippen LogP) is 3.07. The van der Waals surface area contributed by atoms with E-state index in [0.717, 1.165) is 12.8 Å². The Morgan fingerprint density at radius 1 is 1.43 bits per heavy atom. The second-order valence-corrected chi connectivity index (χ2v) is 4.72. The van der Waals surface area contributed by atoms with Crippen LogP contribution in [0.15, 0.2) is 12.7 Å². The van der Waals surface area contributed by atoms with Gasteiger partial charge in [0, 0.05) is 11.5 Å². The van der Waals surface area contributed by atoms with E-state index < -0.39 is 0 Å². The van der Waals surface area contributed by atoms with Gasteiger partial charge in [-0.1, -0.05) is 33.3 Å². The summed E-state index contributed by atoms with van der Waals surface area (Å²) in [7, 11) is 0. The number of rotatable bonds is 2. The normalized spacial score (nSPS) is 26.3. The van der Waals surface area contributed by atoms with E-state index in [1.54, 1.807) is 0 Å². The van der Waals surface area contributed by atoms with Crippen molar-refractivity contribution in [2.24, 2.45) is 5.41 Å². The number of hydrogen-bond donors (Lipinski definition) is 0. The second kappa shape index (κ2) is 4.63. The molecule has 2 nitrogen and oxygen atoms in total. The highest BCUT2D eigenvalue weighted by molar-refractivity contribution is 5.81. The molecule has 0 heterocycles. The van der Waals surface area contributed by atoms with Crippen LogP contribution in [-0.2, 0) is 9.53 Å². The van der Waals surface area contributed by atoms with Crippen molar-refractivity contribution < 1.29 is 9.53 Å². The Hall–Kier alpha value is -0.790. The van der Waals surface area contributed by atoms with Gasteiger partial charge >= 0.3 is 5.97 Å². The van der Waals surface area contributed by atoms with Crippen LogP contribution in [0.2, 0.25) is 0 Å². The molecule has 0 spiro atoms. The fourth-order valence-electron chi connectivity index (χ4n) is 2.05. The van der Waals surface area contributed by atoms with E-state index >= 15 is 0 Å². The van der Waals surface area contributed by atoms with Crippen LogP contribution < -0.4 is 0 Å². The second-order valence-electron chi connectivity index (χ2n) is 4.72. The minimum Gasteiger partial charge on any atom is -0.459 e. The average molecular weight is 196 g/mol. The summed E-state index contributed by atoms with van der Waals surface area (Å²) in [6.45, 7) is 7.78. The topological polar surface area (TPSA) is 26.3 Å². The maximum Gasteiger partial charge on any atom is 0.330 e. The van der Waals surface area contributed by atoms with Crippen LogP contribution in [0.4, 0.5) is 0 Å². The summed E-state index contributed by atoms with van der Waals surface area (Å²) in [4.78, 5) is 11.1. The van der Waals surface area contributed by atoms with E-state index in [2.05, 4.69) is 20.4 Å². The van der Waals surface area contributed by atoms with Crippen LogP contribution in [0.1, 0.15) is 46.0 Å². The Bertz CT molecular complexity index is 218. The summed E-state index contributed by atoms with van der Waals surface area (Å²) in [5.41, 5.74) is 0.120. The van der Waals surface area contributed by atoms with Crippen molar-refractivity contribution in [3.05, 3.63) is 12.7 Å². The largest absolute Gasteiger partial charge is 0.459 e. The van der Waals surface area contributed by atoms with Crippen LogP contribution in [0.5, 0.6) is 0 Å². The molecule has 2 heteroatoms. The quantitative estimate of drug-likeness (QED) is 0.385. The first kappa shape index (κ1) is 11.3. The number of ether oxygens (including phenoxy) is 1. The Morgan fingerprint density at radius 3 is 2.79 bits per heavy atom. The molecule has 14 heavy (non-hydrogen) atoms. The van der Waals surface area contributed by atoms with Gasteiger partial charge in [-0.15, -0.1) is 0 Å². The minimum atomic E-state index is -0.287. The molecule has 0 N–H and O–H groups in total. The lowest BCUT2D eigenvalue weighted by Gasteiger charge is -2.31. The molecule has 0 aromatic rings. The highest BCUT2D eigenvalue weighted by Crippen LogP contribution is 2.36. The molecule has 0 bridgehead atoms. The molecule has 1 unspecified atom stereocenters. The lowest BCUT2D eigenvalue weighted by Crippen LogP contribution is -2.32. The van der Waals surface area contributed by atoms with Gasteiger partial charge in [-0.05, 0) is 19.3 Å².